The molecule has 2 aromatic carbocycles. The first-order valence-corrected chi connectivity index (χ1v) is 14.1. The van der Waals surface area contributed by atoms with Crippen LogP contribution in [0.2, 0.25) is 0 Å². The lowest BCUT2D eigenvalue weighted by molar-refractivity contribution is 0.0256. The number of hydrogen-bond acceptors (Lipinski definition) is 4. The standard InChI is InChI=1S/C28H34BrN3O3/c29-26-24-12-11-23(35-22-13-15-34-16-14-22)17-25(24)32(21-5-2-6-21)27(26)18-7-9-20(10-8-18)31-28(33)30-19-3-1-4-19/h7-12,17,19,21-22,26-27H,1-6,13-16H2,(H2,30,31,33). The van der Waals surface area contributed by atoms with Gasteiger partial charge in [0.15, 0.2) is 0 Å². The predicted molar refractivity (Wildman–Crippen MR) is 142 cm³/mol. The van der Waals surface area contributed by atoms with Gasteiger partial charge in [-0.1, -0.05) is 34.1 Å². The zero-order valence-electron chi connectivity index (χ0n) is 20.0. The topological polar surface area (TPSA) is 62.8 Å². The van der Waals surface area contributed by atoms with E-state index >= 15 is 0 Å². The van der Waals surface area contributed by atoms with Crippen LogP contribution in [0.3, 0.4) is 0 Å². The number of alkyl halides is 1. The molecule has 0 aromatic heterocycles. The largest absolute Gasteiger partial charge is 0.490 e. The van der Waals surface area contributed by atoms with Crippen molar-refractivity contribution in [1.82, 2.24) is 5.32 Å². The first-order chi connectivity index (χ1) is 17.2. The van der Waals surface area contributed by atoms with Gasteiger partial charge < -0.3 is 25.0 Å². The monoisotopic (exact) mass is 539 g/mol. The van der Waals surface area contributed by atoms with Gasteiger partial charge in [0, 0.05) is 42.4 Å². The average molecular weight is 541 g/mol. The summed E-state index contributed by atoms with van der Waals surface area (Å²) in [6, 6.07) is 16.0. The minimum atomic E-state index is -0.109. The highest BCUT2D eigenvalue weighted by atomic mass is 79.9. The van der Waals surface area contributed by atoms with Crippen LogP contribution in [-0.2, 0) is 4.74 Å². The van der Waals surface area contributed by atoms with Gasteiger partial charge in [-0.2, -0.15) is 0 Å². The van der Waals surface area contributed by atoms with Crippen LogP contribution in [0.25, 0.3) is 0 Å². The molecule has 0 radical (unpaired) electrons. The molecular weight excluding hydrogens is 506 g/mol. The van der Waals surface area contributed by atoms with Crippen molar-refractivity contribution in [2.45, 2.75) is 80.4 Å². The van der Waals surface area contributed by atoms with Crippen LogP contribution in [0.1, 0.15) is 73.4 Å². The first kappa shape index (κ1) is 23.2. The highest BCUT2D eigenvalue weighted by Gasteiger charge is 2.43. The van der Waals surface area contributed by atoms with Gasteiger partial charge in [0.2, 0.25) is 0 Å². The molecule has 6 nitrogen and oxygen atoms in total. The number of nitrogens with zero attached hydrogens (tertiary/aromatic N) is 1. The maximum Gasteiger partial charge on any atom is 0.319 e. The number of rotatable bonds is 6. The zero-order chi connectivity index (χ0) is 23.8. The number of amides is 2. The Hall–Kier alpha value is -2.25. The average Bonchev–Trinajstić information content (AvgIpc) is 3.08. The Kier molecular flexibility index (Phi) is 6.63. The summed E-state index contributed by atoms with van der Waals surface area (Å²) in [5.41, 5.74) is 4.69. The van der Waals surface area contributed by atoms with Gasteiger partial charge in [-0.15, -0.1) is 0 Å². The highest BCUT2D eigenvalue weighted by molar-refractivity contribution is 9.09. The minimum absolute atomic E-state index is 0.109. The number of nitrogens with one attached hydrogen (secondary N) is 2. The number of fused-ring (bicyclic) bond motifs is 1. The molecule has 2 atom stereocenters. The molecule has 35 heavy (non-hydrogen) atoms. The van der Waals surface area contributed by atoms with E-state index in [2.05, 4.69) is 61.8 Å². The van der Waals surface area contributed by atoms with Gasteiger partial charge in [-0.05, 0) is 67.9 Å². The molecule has 2 N–H and O–H groups in total. The number of ether oxygens (including phenoxy) is 2. The van der Waals surface area contributed by atoms with E-state index in [9.17, 15) is 4.79 Å². The zero-order valence-corrected chi connectivity index (χ0v) is 21.6. The molecule has 2 aromatic rings. The van der Waals surface area contributed by atoms with E-state index in [0.717, 1.165) is 50.3 Å². The van der Waals surface area contributed by atoms with Gasteiger partial charge in [0.05, 0.1) is 24.1 Å². The van der Waals surface area contributed by atoms with Crippen molar-refractivity contribution in [3.63, 3.8) is 0 Å². The summed E-state index contributed by atoms with van der Waals surface area (Å²) in [5, 5.41) is 6.03. The van der Waals surface area contributed by atoms with Crippen LogP contribution in [0.4, 0.5) is 16.2 Å². The molecule has 0 spiro atoms. The van der Waals surface area contributed by atoms with Gasteiger partial charge >= 0.3 is 6.03 Å². The molecule has 2 amide bonds. The summed E-state index contributed by atoms with van der Waals surface area (Å²) in [5.74, 6) is 0.956. The number of carbonyl (C=O) groups excluding carboxylic acids is 1. The number of halogens is 1. The highest BCUT2D eigenvalue weighted by Crippen LogP contribution is 2.55. The fraction of sp³-hybridized carbons (Fsp3) is 0.536. The normalized spacial score (nSPS) is 24.9. The molecule has 186 valence electrons. The Balaban J connectivity index is 1.21. The van der Waals surface area contributed by atoms with E-state index in [1.807, 2.05) is 12.1 Å². The van der Waals surface area contributed by atoms with Crippen molar-refractivity contribution in [2.75, 3.05) is 23.4 Å². The molecule has 7 heteroatoms. The first-order valence-electron chi connectivity index (χ1n) is 13.1. The van der Waals surface area contributed by atoms with Crippen molar-refractivity contribution in [3.05, 3.63) is 53.6 Å². The van der Waals surface area contributed by atoms with Crippen molar-refractivity contribution in [1.29, 1.82) is 0 Å². The summed E-state index contributed by atoms with van der Waals surface area (Å²) in [6.45, 7) is 1.56. The molecule has 2 aliphatic carbocycles. The van der Waals surface area contributed by atoms with E-state index in [0.29, 0.717) is 12.1 Å². The van der Waals surface area contributed by atoms with Crippen LogP contribution in [0.15, 0.2) is 42.5 Å². The van der Waals surface area contributed by atoms with Gasteiger partial charge in [-0.25, -0.2) is 4.79 Å². The minimum Gasteiger partial charge on any atom is -0.490 e. The third-order valence-electron chi connectivity index (χ3n) is 8.04. The Morgan fingerprint density at radius 1 is 0.971 bits per heavy atom. The van der Waals surface area contributed by atoms with Crippen molar-refractivity contribution in [3.8, 4) is 5.75 Å². The molecule has 3 fully saturated rings. The summed E-state index contributed by atoms with van der Waals surface area (Å²) in [6.07, 6.45) is 9.24. The van der Waals surface area contributed by atoms with E-state index in [1.165, 1.54) is 42.5 Å². The number of carbonyl (C=O) groups is 1. The van der Waals surface area contributed by atoms with Crippen LogP contribution in [0, 0.1) is 0 Å². The Morgan fingerprint density at radius 3 is 2.37 bits per heavy atom. The van der Waals surface area contributed by atoms with E-state index in [1.54, 1.807) is 0 Å². The lowest BCUT2D eigenvalue weighted by Crippen LogP contribution is -2.42. The van der Waals surface area contributed by atoms with E-state index < -0.39 is 0 Å². The summed E-state index contributed by atoms with van der Waals surface area (Å²) >= 11 is 4.05. The Morgan fingerprint density at radius 2 is 1.71 bits per heavy atom. The number of urea groups is 1. The van der Waals surface area contributed by atoms with E-state index in [4.69, 9.17) is 9.47 Å². The van der Waals surface area contributed by atoms with Crippen LogP contribution < -0.4 is 20.3 Å². The summed E-state index contributed by atoms with van der Waals surface area (Å²) in [4.78, 5) is 15.1. The molecule has 6 rings (SSSR count). The quantitative estimate of drug-likeness (QED) is 0.413. The summed E-state index contributed by atoms with van der Waals surface area (Å²) < 4.78 is 11.9. The maximum atomic E-state index is 12.3. The smallest absolute Gasteiger partial charge is 0.319 e. The van der Waals surface area contributed by atoms with Gasteiger partial charge in [0.25, 0.3) is 0 Å². The van der Waals surface area contributed by atoms with Gasteiger partial charge in [0.1, 0.15) is 11.9 Å². The molecule has 2 aliphatic heterocycles. The van der Waals surface area contributed by atoms with Crippen molar-refractivity contribution in [2.24, 2.45) is 0 Å². The third kappa shape index (κ3) is 4.77. The summed E-state index contributed by atoms with van der Waals surface area (Å²) in [7, 11) is 0. The molecule has 0 bridgehead atoms. The molecule has 4 aliphatic rings. The van der Waals surface area contributed by atoms with Crippen LogP contribution in [-0.4, -0.2) is 37.4 Å². The van der Waals surface area contributed by atoms with E-state index in [-0.39, 0.29) is 23.0 Å². The second-order valence-corrected chi connectivity index (χ2v) is 11.3. The fourth-order valence-corrected chi connectivity index (χ4v) is 6.53. The Bertz CT molecular complexity index is 1050. The third-order valence-corrected chi connectivity index (χ3v) is 9.04. The molecule has 1 saturated heterocycles. The number of benzene rings is 2. The van der Waals surface area contributed by atoms with Gasteiger partial charge in [-0.3, -0.25) is 0 Å². The van der Waals surface area contributed by atoms with Crippen LogP contribution >= 0.6 is 15.9 Å². The van der Waals surface area contributed by atoms with Crippen molar-refractivity contribution < 1.29 is 14.3 Å². The second kappa shape index (κ2) is 10.0. The lowest BCUT2D eigenvalue weighted by atomic mass is 9.89. The number of anilines is 2. The molecule has 2 unspecified atom stereocenters. The number of hydrogen-bond donors (Lipinski definition) is 2. The van der Waals surface area contributed by atoms with Crippen LogP contribution in [0.5, 0.6) is 5.75 Å². The Labute approximate surface area is 215 Å². The molecule has 2 heterocycles. The maximum absolute atomic E-state index is 12.3. The SMILES string of the molecule is O=C(Nc1ccc(C2C(Br)c3ccc(OC4CCOCC4)cc3N2C2CCC2)cc1)NC1CCC1. The molecular formula is C28H34BrN3O3. The lowest BCUT2D eigenvalue weighted by Gasteiger charge is -2.41. The van der Waals surface area contributed by atoms with Crippen molar-refractivity contribution >= 4 is 33.3 Å². The molecule has 2 saturated carbocycles. The fourth-order valence-electron chi connectivity index (χ4n) is 5.59. The second-order valence-electron chi connectivity index (χ2n) is 10.3. The predicted octanol–water partition coefficient (Wildman–Crippen LogP) is 6.47.